The highest BCUT2D eigenvalue weighted by molar-refractivity contribution is 7.99. The molecule has 0 unspecified atom stereocenters. The van der Waals surface area contributed by atoms with Crippen LogP contribution in [0.5, 0.6) is 0 Å². The van der Waals surface area contributed by atoms with Gasteiger partial charge in [-0.2, -0.15) is 11.8 Å². The van der Waals surface area contributed by atoms with E-state index in [4.69, 9.17) is 11.2 Å². The van der Waals surface area contributed by atoms with Gasteiger partial charge in [0.05, 0.1) is 0 Å². The van der Waals surface area contributed by atoms with Crippen LogP contribution in [-0.2, 0) is 4.74 Å². The van der Waals surface area contributed by atoms with E-state index < -0.39 is 0 Å². The Hall–Kier alpha value is -0.130. The Morgan fingerprint density at radius 2 is 2.17 bits per heavy atom. The summed E-state index contributed by atoms with van der Waals surface area (Å²) in [5.41, 5.74) is 0. The molecule has 0 aromatic rings. The molecule has 68 valence electrons. The Balaban J connectivity index is 1.95. The fourth-order valence-corrected chi connectivity index (χ4v) is 2.44. The number of terminal acetylenes is 1. The maximum atomic E-state index is 5.28. The zero-order chi connectivity index (χ0) is 8.65. The topological polar surface area (TPSA) is 9.23 Å². The second-order valence-electron chi connectivity index (χ2n) is 2.99. The molecule has 0 aromatic heterocycles. The zero-order valence-electron chi connectivity index (χ0n) is 7.42. The fraction of sp³-hybridized carbons (Fsp3) is 0.800. The Morgan fingerprint density at radius 3 is 2.83 bits per heavy atom. The fourth-order valence-electron chi connectivity index (χ4n) is 1.27. The number of rotatable bonds is 4. The van der Waals surface area contributed by atoms with Crippen molar-refractivity contribution in [1.82, 2.24) is 0 Å². The molecule has 1 saturated heterocycles. The highest BCUT2D eigenvalue weighted by Crippen LogP contribution is 2.22. The van der Waals surface area contributed by atoms with Gasteiger partial charge in [-0.1, -0.05) is 0 Å². The van der Waals surface area contributed by atoms with Crippen LogP contribution >= 0.6 is 11.8 Å². The van der Waals surface area contributed by atoms with Gasteiger partial charge in [-0.15, -0.1) is 12.3 Å². The van der Waals surface area contributed by atoms with E-state index in [-0.39, 0.29) is 0 Å². The zero-order valence-corrected chi connectivity index (χ0v) is 8.24. The number of ether oxygens (including phenoxy) is 1. The van der Waals surface area contributed by atoms with Crippen LogP contribution in [0.2, 0.25) is 0 Å². The predicted octanol–water partition coefficient (Wildman–Crippen LogP) is 2.31. The summed E-state index contributed by atoms with van der Waals surface area (Å²) < 4.78 is 5.28. The summed E-state index contributed by atoms with van der Waals surface area (Å²) in [5.74, 6) is 3.88. The lowest BCUT2D eigenvalue weighted by atomic mass is 10.2. The molecule has 0 bridgehead atoms. The standard InChI is InChI=1S/C10H16OS/c1-2-3-4-9-12-10-5-7-11-8-6-10/h1,10H,3-9H2. The van der Waals surface area contributed by atoms with Gasteiger partial charge in [0.2, 0.25) is 0 Å². The molecule has 12 heavy (non-hydrogen) atoms. The van der Waals surface area contributed by atoms with Gasteiger partial charge < -0.3 is 4.74 Å². The monoisotopic (exact) mass is 184 g/mol. The maximum Gasteiger partial charge on any atom is 0.0476 e. The third kappa shape index (κ3) is 4.04. The predicted molar refractivity (Wildman–Crippen MR) is 54.4 cm³/mol. The third-order valence-corrected chi connectivity index (χ3v) is 3.45. The summed E-state index contributed by atoms with van der Waals surface area (Å²) in [6.07, 6.45) is 9.71. The van der Waals surface area contributed by atoms with Crippen molar-refractivity contribution in [2.24, 2.45) is 0 Å². The molecule has 0 amide bonds. The average molecular weight is 184 g/mol. The molecule has 2 heteroatoms. The Bertz CT molecular complexity index is 144. The first-order valence-electron chi connectivity index (χ1n) is 4.56. The molecule has 0 saturated carbocycles. The quantitative estimate of drug-likeness (QED) is 0.490. The van der Waals surface area contributed by atoms with Crippen molar-refractivity contribution in [2.75, 3.05) is 19.0 Å². The molecule has 0 N–H and O–H groups in total. The van der Waals surface area contributed by atoms with E-state index in [2.05, 4.69) is 17.7 Å². The first kappa shape index (κ1) is 9.95. The summed E-state index contributed by atoms with van der Waals surface area (Å²) in [6.45, 7) is 1.90. The number of hydrogen-bond acceptors (Lipinski definition) is 2. The van der Waals surface area contributed by atoms with E-state index in [0.717, 1.165) is 24.9 Å². The second-order valence-corrected chi connectivity index (χ2v) is 4.40. The van der Waals surface area contributed by atoms with Crippen LogP contribution in [0.3, 0.4) is 0 Å². The summed E-state index contributed by atoms with van der Waals surface area (Å²) in [7, 11) is 0. The minimum atomic E-state index is 0.830. The molecule has 1 rings (SSSR count). The third-order valence-electron chi connectivity index (χ3n) is 1.99. The highest BCUT2D eigenvalue weighted by atomic mass is 32.2. The van der Waals surface area contributed by atoms with Crippen molar-refractivity contribution in [3.63, 3.8) is 0 Å². The molecule has 0 radical (unpaired) electrons. The van der Waals surface area contributed by atoms with Crippen LogP contribution in [0.4, 0.5) is 0 Å². The van der Waals surface area contributed by atoms with Crippen LogP contribution in [-0.4, -0.2) is 24.2 Å². The van der Waals surface area contributed by atoms with Gasteiger partial charge >= 0.3 is 0 Å². The van der Waals surface area contributed by atoms with Crippen molar-refractivity contribution in [1.29, 1.82) is 0 Å². The van der Waals surface area contributed by atoms with E-state index >= 15 is 0 Å². The lowest BCUT2D eigenvalue weighted by Crippen LogP contribution is -2.17. The number of hydrogen-bond donors (Lipinski definition) is 0. The normalized spacial score (nSPS) is 18.9. The van der Waals surface area contributed by atoms with Gasteiger partial charge in [0.1, 0.15) is 0 Å². The lowest BCUT2D eigenvalue weighted by molar-refractivity contribution is 0.100. The van der Waals surface area contributed by atoms with Crippen molar-refractivity contribution < 1.29 is 4.74 Å². The van der Waals surface area contributed by atoms with Crippen molar-refractivity contribution in [3.05, 3.63) is 0 Å². The Labute approximate surface area is 79.3 Å². The minimum Gasteiger partial charge on any atom is -0.381 e. The summed E-state index contributed by atoms with van der Waals surface area (Å²) >= 11 is 2.06. The minimum absolute atomic E-state index is 0.830. The van der Waals surface area contributed by atoms with Gasteiger partial charge in [-0.05, 0) is 25.0 Å². The molecule has 0 aliphatic carbocycles. The Morgan fingerprint density at radius 1 is 1.42 bits per heavy atom. The van der Waals surface area contributed by atoms with Gasteiger partial charge in [0, 0.05) is 24.9 Å². The van der Waals surface area contributed by atoms with Crippen LogP contribution in [0.25, 0.3) is 0 Å². The van der Waals surface area contributed by atoms with Gasteiger partial charge in [-0.3, -0.25) is 0 Å². The first-order chi connectivity index (χ1) is 5.93. The molecule has 1 aliphatic rings. The van der Waals surface area contributed by atoms with Gasteiger partial charge in [0.15, 0.2) is 0 Å². The van der Waals surface area contributed by atoms with E-state index in [1.54, 1.807) is 0 Å². The van der Waals surface area contributed by atoms with Crippen LogP contribution in [0.15, 0.2) is 0 Å². The summed E-state index contributed by atoms with van der Waals surface area (Å²) in [5, 5.41) is 0.830. The molecular formula is C10H16OS. The molecule has 1 fully saturated rings. The van der Waals surface area contributed by atoms with Crippen molar-refractivity contribution in [2.45, 2.75) is 30.9 Å². The largest absolute Gasteiger partial charge is 0.381 e. The van der Waals surface area contributed by atoms with Gasteiger partial charge in [0.25, 0.3) is 0 Å². The van der Waals surface area contributed by atoms with Crippen LogP contribution in [0.1, 0.15) is 25.7 Å². The number of thioether (sulfide) groups is 1. The first-order valence-corrected chi connectivity index (χ1v) is 5.61. The second kappa shape index (κ2) is 6.39. The van der Waals surface area contributed by atoms with E-state index in [1.165, 1.54) is 25.0 Å². The van der Waals surface area contributed by atoms with E-state index in [0.29, 0.717) is 0 Å². The highest BCUT2D eigenvalue weighted by Gasteiger charge is 2.12. The van der Waals surface area contributed by atoms with Crippen molar-refractivity contribution in [3.8, 4) is 12.3 Å². The average Bonchev–Trinajstić information content (AvgIpc) is 2.14. The van der Waals surface area contributed by atoms with E-state index in [1.807, 2.05) is 0 Å². The molecular weight excluding hydrogens is 168 g/mol. The Kier molecular flexibility index (Phi) is 5.30. The number of unbranched alkanes of at least 4 members (excludes halogenated alkanes) is 1. The molecule has 1 aliphatic heterocycles. The molecule has 0 atom stereocenters. The summed E-state index contributed by atoms with van der Waals surface area (Å²) in [6, 6.07) is 0. The van der Waals surface area contributed by atoms with E-state index in [9.17, 15) is 0 Å². The molecule has 0 aromatic carbocycles. The molecule has 1 nitrogen and oxygen atoms in total. The summed E-state index contributed by atoms with van der Waals surface area (Å²) in [4.78, 5) is 0. The van der Waals surface area contributed by atoms with Crippen LogP contribution < -0.4 is 0 Å². The van der Waals surface area contributed by atoms with Crippen molar-refractivity contribution >= 4 is 11.8 Å². The van der Waals surface area contributed by atoms with Crippen LogP contribution in [0, 0.1) is 12.3 Å². The smallest absolute Gasteiger partial charge is 0.0476 e. The maximum absolute atomic E-state index is 5.28. The lowest BCUT2D eigenvalue weighted by Gasteiger charge is -2.21. The van der Waals surface area contributed by atoms with Gasteiger partial charge in [-0.25, -0.2) is 0 Å². The molecule has 1 heterocycles. The SMILES string of the molecule is C#CCCCSC1CCOCC1. The molecule has 0 spiro atoms.